The molecule has 1 nitrogen and oxygen atoms in total. The first kappa shape index (κ1) is 19.7. The van der Waals surface area contributed by atoms with Crippen LogP contribution in [0.15, 0.2) is 18.2 Å². The van der Waals surface area contributed by atoms with Crippen LogP contribution in [0, 0.1) is 6.92 Å². The monoisotopic (exact) mass is 346 g/mol. The zero-order valence-corrected chi connectivity index (χ0v) is 18.0. The Balaban J connectivity index is 2.30. The fourth-order valence-electron chi connectivity index (χ4n) is 5.02. The Labute approximate surface area is 151 Å². The molecule has 0 saturated heterocycles. The van der Waals surface area contributed by atoms with E-state index in [-0.39, 0.29) is 0 Å². The van der Waals surface area contributed by atoms with Crippen molar-refractivity contribution in [2.24, 2.45) is 0 Å². The Morgan fingerprint density at radius 2 is 1.54 bits per heavy atom. The van der Waals surface area contributed by atoms with Gasteiger partial charge in [-0.1, -0.05) is 71.7 Å². The van der Waals surface area contributed by atoms with E-state index in [1.807, 2.05) is 0 Å². The van der Waals surface area contributed by atoms with Crippen LogP contribution in [0.4, 0.5) is 0 Å². The Morgan fingerprint density at radius 3 is 2.12 bits per heavy atom. The summed E-state index contributed by atoms with van der Waals surface area (Å²) in [7, 11) is -1.79. The van der Waals surface area contributed by atoms with Gasteiger partial charge in [0.2, 0.25) is 8.32 Å². The van der Waals surface area contributed by atoms with Crippen molar-refractivity contribution in [1.29, 1.82) is 0 Å². The number of fused-ring (bicyclic) bond motifs is 1. The zero-order chi connectivity index (χ0) is 17.9. The van der Waals surface area contributed by atoms with Crippen molar-refractivity contribution in [2.45, 2.75) is 103 Å². The second kappa shape index (κ2) is 8.18. The van der Waals surface area contributed by atoms with Crippen LogP contribution in [0.1, 0.15) is 77.5 Å². The van der Waals surface area contributed by atoms with Gasteiger partial charge in [-0.05, 0) is 60.4 Å². The summed E-state index contributed by atoms with van der Waals surface area (Å²) in [5.41, 5.74) is 6.48. The predicted molar refractivity (Wildman–Crippen MR) is 108 cm³/mol. The van der Waals surface area contributed by atoms with Crippen molar-refractivity contribution >= 4 is 8.32 Å². The van der Waals surface area contributed by atoms with Gasteiger partial charge in [0, 0.05) is 6.10 Å². The minimum Gasteiger partial charge on any atom is -0.413 e. The molecule has 1 aliphatic rings. The van der Waals surface area contributed by atoms with Crippen molar-refractivity contribution in [1.82, 2.24) is 0 Å². The van der Waals surface area contributed by atoms with Gasteiger partial charge < -0.3 is 4.43 Å². The van der Waals surface area contributed by atoms with Crippen molar-refractivity contribution in [2.75, 3.05) is 0 Å². The van der Waals surface area contributed by atoms with Gasteiger partial charge in [0.25, 0.3) is 0 Å². The minimum atomic E-state index is -1.79. The molecule has 0 radical (unpaired) electrons. The van der Waals surface area contributed by atoms with E-state index in [0.29, 0.717) is 22.7 Å². The van der Waals surface area contributed by atoms with E-state index >= 15 is 0 Å². The topological polar surface area (TPSA) is 9.23 Å². The van der Waals surface area contributed by atoms with Gasteiger partial charge in [0.1, 0.15) is 0 Å². The lowest BCUT2D eigenvalue weighted by Crippen LogP contribution is -2.50. The Hall–Kier alpha value is -0.603. The molecule has 1 unspecified atom stereocenters. The molecule has 136 valence electrons. The summed E-state index contributed by atoms with van der Waals surface area (Å²) in [5, 5.41) is 0. The summed E-state index contributed by atoms with van der Waals surface area (Å²) in [6.45, 7) is 16.6. The first-order valence-corrected chi connectivity index (χ1v) is 12.2. The van der Waals surface area contributed by atoms with Gasteiger partial charge in [-0.25, -0.2) is 0 Å². The molecule has 0 bridgehead atoms. The van der Waals surface area contributed by atoms with Crippen molar-refractivity contribution < 1.29 is 4.43 Å². The Bertz CT molecular complexity index is 511. The highest BCUT2D eigenvalue weighted by atomic mass is 28.4. The predicted octanol–water partition coefficient (Wildman–Crippen LogP) is 6.82. The molecule has 0 amide bonds. The number of aryl methyl sites for hydroxylation is 2. The molecule has 1 aromatic carbocycles. The molecule has 0 heterocycles. The fraction of sp³-hybridized carbons (Fsp3) is 0.727. The molecular weight excluding hydrogens is 308 g/mol. The van der Waals surface area contributed by atoms with Crippen LogP contribution >= 0.6 is 0 Å². The maximum atomic E-state index is 7.13. The third-order valence-corrected chi connectivity index (χ3v) is 12.3. The summed E-state index contributed by atoms with van der Waals surface area (Å²) >= 11 is 0. The largest absolute Gasteiger partial charge is 0.413 e. The van der Waals surface area contributed by atoms with Crippen molar-refractivity contribution in [3.8, 4) is 0 Å². The lowest BCUT2D eigenvalue weighted by Gasteiger charge is -2.45. The summed E-state index contributed by atoms with van der Waals surface area (Å²) in [5.74, 6) is 0. The molecule has 0 aliphatic heterocycles. The normalized spacial score (nSPS) is 19.5. The van der Waals surface area contributed by atoms with Gasteiger partial charge in [0.15, 0.2) is 0 Å². The van der Waals surface area contributed by atoms with Crippen LogP contribution in [0.3, 0.4) is 0 Å². The van der Waals surface area contributed by atoms with Gasteiger partial charge in [-0.15, -0.1) is 0 Å². The summed E-state index contributed by atoms with van der Waals surface area (Å²) in [6, 6.07) is 7.02. The molecule has 1 aromatic rings. The molecule has 0 aromatic heterocycles. The van der Waals surface area contributed by atoms with Gasteiger partial charge in [-0.3, -0.25) is 0 Å². The average Bonchev–Trinajstić information content (AvgIpc) is 2.46. The number of benzene rings is 1. The van der Waals surface area contributed by atoms with Gasteiger partial charge >= 0.3 is 0 Å². The van der Waals surface area contributed by atoms with Crippen LogP contribution in [0.25, 0.3) is 0 Å². The highest BCUT2D eigenvalue weighted by Gasteiger charge is 2.46. The molecule has 0 spiro atoms. The maximum Gasteiger partial charge on any atom is 0.200 e. The maximum absolute atomic E-state index is 7.13. The molecule has 0 N–H and O–H groups in total. The first-order chi connectivity index (χ1) is 11.3. The van der Waals surface area contributed by atoms with E-state index in [1.165, 1.54) is 31.2 Å². The second-order valence-corrected chi connectivity index (χ2v) is 14.2. The molecule has 1 atom stereocenters. The van der Waals surface area contributed by atoms with Crippen LogP contribution in [0.2, 0.25) is 16.6 Å². The fourth-order valence-corrected chi connectivity index (χ4v) is 10.6. The summed E-state index contributed by atoms with van der Waals surface area (Å²) < 4.78 is 7.13. The third kappa shape index (κ3) is 4.14. The SMILES string of the molecule is Cc1ccc2c(c1)CC(O[Si](C(C)C)(C(C)C)C(C)C)CCCC2. The van der Waals surface area contributed by atoms with Gasteiger partial charge in [-0.2, -0.15) is 0 Å². The molecule has 0 saturated carbocycles. The van der Waals surface area contributed by atoms with Crippen LogP contribution in [-0.4, -0.2) is 14.4 Å². The molecular formula is C22H38OSi. The van der Waals surface area contributed by atoms with Crippen molar-refractivity contribution in [3.63, 3.8) is 0 Å². The zero-order valence-electron chi connectivity index (χ0n) is 17.0. The van der Waals surface area contributed by atoms with Gasteiger partial charge in [0.05, 0.1) is 0 Å². The number of hydrogen-bond acceptors (Lipinski definition) is 1. The first-order valence-electron chi connectivity index (χ1n) is 10.0. The standard InChI is InChI=1S/C22H38OSi/c1-16(2)24(17(3)4,18(5)6)23-22-11-9-8-10-20-13-12-19(7)14-21(20)15-22/h12-14,16-18,22H,8-11,15H2,1-7H3. The molecule has 1 aliphatic carbocycles. The molecule has 2 rings (SSSR count). The van der Waals surface area contributed by atoms with Crippen LogP contribution in [-0.2, 0) is 17.3 Å². The second-order valence-electron chi connectivity index (χ2n) is 8.78. The van der Waals surface area contributed by atoms with Crippen LogP contribution in [0.5, 0.6) is 0 Å². The highest BCUT2D eigenvalue weighted by Crippen LogP contribution is 2.44. The Kier molecular flexibility index (Phi) is 6.72. The van der Waals surface area contributed by atoms with Crippen LogP contribution < -0.4 is 0 Å². The molecule has 2 heteroatoms. The van der Waals surface area contributed by atoms with E-state index in [0.717, 1.165) is 6.42 Å². The highest BCUT2D eigenvalue weighted by molar-refractivity contribution is 6.77. The summed E-state index contributed by atoms with van der Waals surface area (Å²) in [6.07, 6.45) is 6.59. The van der Waals surface area contributed by atoms with E-state index in [4.69, 9.17) is 4.43 Å². The van der Waals surface area contributed by atoms with E-state index in [2.05, 4.69) is 66.7 Å². The van der Waals surface area contributed by atoms with E-state index in [1.54, 1.807) is 11.1 Å². The van der Waals surface area contributed by atoms with E-state index in [9.17, 15) is 0 Å². The minimum absolute atomic E-state index is 0.407. The lowest BCUT2D eigenvalue weighted by atomic mass is 9.91. The van der Waals surface area contributed by atoms with E-state index < -0.39 is 8.32 Å². The number of rotatable bonds is 5. The quantitative estimate of drug-likeness (QED) is 0.531. The Morgan fingerprint density at radius 1 is 0.917 bits per heavy atom. The molecule has 0 fully saturated rings. The summed E-state index contributed by atoms with van der Waals surface area (Å²) in [4.78, 5) is 0. The lowest BCUT2D eigenvalue weighted by molar-refractivity contribution is 0.158. The average molecular weight is 347 g/mol. The smallest absolute Gasteiger partial charge is 0.200 e. The molecule has 24 heavy (non-hydrogen) atoms. The number of hydrogen-bond donors (Lipinski definition) is 0. The third-order valence-electron chi connectivity index (χ3n) is 6.11. The van der Waals surface area contributed by atoms with Crippen molar-refractivity contribution in [3.05, 3.63) is 34.9 Å².